The molecule has 0 aromatic heterocycles. The van der Waals surface area contributed by atoms with Crippen LogP contribution in [0.25, 0.3) is 0 Å². The summed E-state index contributed by atoms with van der Waals surface area (Å²) >= 11 is 3.35. The Bertz CT molecular complexity index is 397. The molecule has 0 bridgehead atoms. The molecule has 1 atom stereocenters. The zero-order valence-electron chi connectivity index (χ0n) is 10.5. The summed E-state index contributed by atoms with van der Waals surface area (Å²) < 4.78 is 0.756. The van der Waals surface area contributed by atoms with Crippen molar-refractivity contribution in [3.8, 4) is 5.75 Å². The van der Waals surface area contributed by atoms with Crippen LogP contribution in [0.3, 0.4) is 0 Å². The van der Waals surface area contributed by atoms with Gasteiger partial charge in [-0.1, -0.05) is 12.1 Å². The smallest absolute Gasteiger partial charge is 0.134 e. The van der Waals surface area contributed by atoms with Crippen LogP contribution >= 0.6 is 15.9 Å². The highest BCUT2D eigenvalue weighted by molar-refractivity contribution is 9.10. The van der Waals surface area contributed by atoms with Gasteiger partial charge in [0.15, 0.2) is 0 Å². The van der Waals surface area contributed by atoms with Gasteiger partial charge in [-0.15, -0.1) is 0 Å². The van der Waals surface area contributed by atoms with E-state index < -0.39 is 0 Å². The number of aliphatic hydroxyl groups excluding tert-OH is 1. The molecule has 1 aliphatic heterocycles. The first-order chi connectivity index (χ1) is 8.72. The van der Waals surface area contributed by atoms with Crippen molar-refractivity contribution < 1.29 is 10.2 Å². The summed E-state index contributed by atoms with van der Waals surface area (Å²) in [6.07, 6.45) is 4.33. The molecule has 2 rings (SSSR count). The normalized spacial score (nSPS) is 20.4. The molecule has 1 aromatic rings. The van der Waals surface area contributed by atoms with E-state index in [0.717, 1.165) is 36.0 Å². The lowest BCUT2D eigenvalue weighted by Gasteiger charge is -2.24. The average molecular weight is 314 g/mol. The Morgan fingerprint density at radius 1 is 1.39 bits per heavy atom. The van der Waals surface area contributed by atoms with Gasteiger partial charge in [0.25, 0.3) is 0 Å². The molecule has 0 spiro atoms. The van der Waals surface area contributed by atoms with Gasteiger partial charge in [0.1, 0.15) is 5.75 Å². The maximum absolute atomic E-state index is 10.0. The molecule has 18 heavy (non-hydrogen) atoms. The Kier molecular flexibility index (Phi) is 5.03. The number of nitrogens with zero attached hydrogens (tertiary/aromatic N) is 1. The van der Waals surface area contributed by atoms with E-state index in [1.807, 2.05) is 18.2 Å². The largest absolute Gasteiger partial charge is 0.506 e. The van der Waals surface area contributed by atoms with E-state index in [-0.39, 0.29) is 6.61 Å². The Balaban J connectivity index is 2.01. The molecule has 1 fully saturated rings. The Hall–Kier alpha value is -0.580. The Morgan fingerprint density at radius 2 is 2.22 bits per heavy atom. The van der Waals surface area contributed by atoms with Crippen molar-refractivity contribution in [3.05, 3.63) is 28.2 Å². The van der Waals surface area contributed by atoms with Crippen LogP contribution in [0.2, 0.25) is 0 Å². The van der Waals surface area contributed by atoms with Crippen LogP contribution in [0.5, 0.6) is 5.75 Å². The molecular weight excluding hydrogens is 294 g/mol. The molecule has 3 nitrogen and oxygen atoms in total. The second-order valence-electron chi connectivity index (χ2n) is 4.88. The van der Waals surface area contributed by atoms with Crippen molar-refractivity contribution in [2.24, 2.45) is 0 Å². The van der Waals surface area contributed by atoms with E-state index in [9.17, 15) is 5.11 Å². The monoisotopic (exact) mass is 313 g/mol. The SMILES string of the molecule is OCCCC1CCCN1Cc1cccc(Br)c1O. The molecule has 1 unspecified atom stereocenters. The number of phenolic OH excluding ortho intramolecular Hbond substituents is 1. The van der Waals surface area contributed by atoms with Crippen molar-refractivity contribution in [1.82, 2.24) is 4.90 Å². The van der Waals surface area contributed by atoms with Crippen LogP contribution in [0.1, 0.15) is 31.2 Å². The number of hydrogen-bond acceptors (Lipinski definition) is 3. The van der Waals surface area contributed by atoms with Crippen LogP contribution in [0.15, 0.2) is 22.7 Å². The number of aromatic hydroxyl groups is 1. The van der Waals surface area contributed by atoms with Crippen LogP contribution < -0.4 is 0 Å². The van der Waals surface area contributed by atoms with E-state index in [2.05, 4.69) is 20.8 Å². The fourth-order valence-electron chi connectivity index (χ4n) is 2.66. The van der Waals surface area contributed by atoms with Crippen molar-refractivity contribution >= 4 is 15.9 Å². The maximum Gasteiger partial charge on any atom is 0.134 e. The first-order valence-electron chi connectivity index (χ1n) is 6.53. The second kappa shape index (κ2) is 6.55. The molecule has 1 aliphatic rings. The molecule has 0 saturated carbocycles. The zero-order valence-corrected chi connectivity index (χ0v) is 12.1. The quantitative estimate of drug-likeness (QED) is 0.878. The third-order valence-electron chi connectivity index (χ3n) is 3.64. The minimum absolute atomic E-state index is 0.270. The molecule has 4 heteroatoms. The highest BCUT2D eigenvalue weighted by Crippen LogP contribution is 2.31. The van der Waals surface area contributed by atoms with Gasteiger partial charge in [-0.3, -0.25) is 4.90 Å². The third kappa shape index (κ3) is 3.25. The van der Waals surface area contributed by atoms with E-state index in [4.69, 9.17) is 5.11 Å². The number of para-hydroxylation sites is 1. The summed E-state index contributed by atoms with van der Waals surface area (Å²) in [6.45, 7) is 2.15. The van der Waals surface area contributed by atoms with Gasteiger partial charge in [0.2, 0.25) is 0 Å². The van der Waals surface area contributed by atoms with Gasteiger partial charge in [-0.05, 0) is 54.2 Å². The number of rotatable bonds is 5. The van der Waals surface area contributed by atoms with Gasteiger partial charge in [0.05, 0.1) is 4.47 Å². The van der Waals surface area contributed by atoms with E-state index in [1.165, 1.54) is 12.8 Å². The lowest BCUT2D eigenvalue weighted by atomic mass is 10.1. The molecule has 1 aromatic carbocycles. The molecule has 2 N–H and O–H groups in total. The summed E-state index contributed by atoms with van der Waals surface area (Å²) in [4.78, 5) is 2.41. The van der Waals surface area contributed by atoms with Crippen molar-refractivity contribution in [3.63, 3.8) is 0 Å². The minimum Gasteiger partial charge on any atom is -0.506 e. The van der Waals surface area contributed by atoms with Crippen LogP contribution in [-0.2, 0) is 6.54 Å². The van der Waals surface area contributed by atoms with E-state index >= 15 is 0 Å². The second-order valence-corrected chi connectivity index (χ2v) is 5.73. The van der Waals surface area contributed by atoms with Crippen molar-refractivity contribution in [2.75, 3.05) is 13.2 Å². The summed E-state index contributed by atoms with van der Waals surface area (Å²) in [5.41, 5.74) is 0.972. The number of aliphatic hydroxyl groups is 1. The number of likely N-dealkylation sites (tertiary alicyclic amines) is 1. The fourth-order valence-corrected chi connectivity index (χ4v) is 3.07. The average Bonchev–Trinajstić information content (AvgIpc) is 2.80. The third-order valence-corrected chi connectivity index (χ3v) is 4.28. The molecular formula is C14H20BrNO2. The van der Waals surface area contributed by atoms with E-state index in [0.29, 0.717) is 11.8 Å². The highest BCUT2D eigenvalue weighted by Gasteiger charge is 2.24. The molecule has 0 radical (unpaired) electrons. The summed E-state index contributed by atoms with van der Waals surface area (Å²) in [7, 11) is 0. The van der Waals surface area contributed by atoms with E-state index in [1.54, 1.807) is 0 Å². The van der Waals surface area contributed by atoms with Crippen molar-refractivity contribution in [1.29, 1.82) is 0 Å². The number of halogens is 1. The molecule has 0 amide bonds. The van der Waals surface area contributed by atoms with Gasteiger partial charge in [-0.2, -0.15) is 0 Å². The fraction of sp³-hybridized carbons (Fsp3) is 0.571. The number of benzene rings is 1. The Morgan fingerprint density at radius 3 is 3.00 bits per heavy atom. The standard InChI is InChI=1S/C14H20BrNO2/c15-13-7-1-4-11(14(13)18)10-16-8-2-5-12(16)6-3-9-17/h1,4,7,12,17-18H,2-3,5-6,8-10H2. The van der Waals surface area contributed by atoms with Crippen molar-refractivity contribution in [2.45, 2.75) is 38.3 Å². The lowest BCUT2D eigenvalue weighted by Crippen LogP contribution is -2.29. The molecule has 0 aliphatic carbocycles. The van der Waals surface area contributed by atoms with Gasteiger partial charge in [0, 0.05) is 24.8 Å². The number of hydrogen-bond donors (Lipinski definition) is 2. The highest BCUT2D eigenvalue weighted by atomic mass is 79.9. The van der Waals surface area contributed by atoms with Crippen LogP contribution in [0.4, 0.5) is 0 Å². The topological polar surface area (TPSA) is 43.7 Å². The minimum atomic E-state index is 0.270. The first kappa shape index (κ1) is 13.8. The van der Waals surface area contributed by atoms with Crippen LogP contribution in [-0.4, -0.2) is 34.3 Å². The number of phenols is 1. The lowest BCUT2D eigenvalue weighted by molar-refractivity contribution is 0.208. The first-order valence-corrected chi connectivity index (χ1v) is 7.33. The Labute approximate surface area is 117 Å². The van der Waals surface area contributed by atoms with Crippen LogP contribution in [0, 0.1) is 0 Å². The molecule has 1 saturated heterocycles. The maximum atomic E-state index is 10.0. The summed E-state index contributed by atoms with van der Waals surface area (Å²) in [6, 6.07) is 6.33. The summed E-state index contributed by atoms with van der Waals surface area (Å²) in [5, 5.41) is 18.9. The zero-order chi connectivity index (χ0) is 13.0. The van der Waals surface area contributed by atoms with Gasteiger partial charge in [-0.25, -0.2) is 0 Å². The summed E-state index contributed by atoms with van der Waals surface area (Å²) in [5.74, 6) is 0.352. The predicted octanol–water partition coefficient (Wildman–Crippen LogP) is 2.89. The molecule has 100 valence electrons. The van der Waals surface area contributed by atoms with Gasteiger partial charge >= 0.3 is 0 Å². The predicted molar refractivity (Wildman–Crippen MR) is 75.6 cm³/mol. The van der Waals surface area contributed by atoms with Gasteiger partial charge < -0.3 is 10.2 Å². The molecule has 1 heterocycles.